The van der Waals surface area contributed by atoms with E-state index < -0.39 is 5.31 Å². The molecule has 0 spiro atoms. The van der Waals surface area contributed by atoms with Gasteiger partial charge in [-0.25, -0.2) is 0 Å². The first-order chi connectivity index (χ1) is 5.12. The maximum atomic E-state index is 3.74. The fourth-order valence-corrected chi connectivity index (χ4v) is 5.00. The Morgan fingerprint density at radius 1 is 1.00 bits per heavy atom. The summed E-state index contributed by atoms with van der Waals surface area (Å²) in [5.74, 6) is 0. The second-order valence-corrected chi connectivity index (χ2v) is 17.5. The quantitative estimate of drug-likeness (QED) is 0.388. The van der Waals surface area contributed by atoms with Gasteiger partial charge in [0, 0.05) is 0 Å². The summed E-state index contributed by atoms with van der Waals surface area (Å²) in [5, 5.41) is -1.26. The minimum absolute atomic E-state index is 1.10. The number of hydrogen-bond donors (Lipinski definition) is 0. The van der Waals surface area contributed by atoms with Crippen LogP contribution in [0.3, 0.4) is 0 Å². The second kappa shape index (κ2) is 6.20. The van der Waals surface area contributed by atoms with Gasteiger partial charge >= 0.3 is 0 Å². The summed E-state index contributed by atoms with van der Waals surface area (Å²) < 4.78 is 0. The van der Waals surface area contributed by atoms with Crippen molar-refractivity contribution >= 4 is 35.9 Å². The summed E-state index contributed by atoms with van der Waals surface area (Å²) in [6.45, 7) is 7.41. The molecule has 0 N–H and O–H groups in total. The average molecular weight is 298 g/mol. The summed E-state index contributed by atoms with van der Waals surface area (Å²) in [6.07, 6.45) is 6.14. The number of halogens is 2. The third-order valence-corrected chi connectivity index (χ3v) is 8.23. The molecule has 0 heterocycles. The van der Waals surface area contributed by atoms with Crippen molar-refractivity contribution in [2.24, 2.45) is 0 Å². The van der Waals surface area contributed by atoms with Gasteiger partial charge in [0.05, 0.1) is 0 Å². The lowest BCUT2D eigenvalue weighted by Crippen LogP contribution is -2.15. The van der Waals surface area contributed by atoms with Gasteiger partial charge in [0.1, 0.15) is 0 Å². The predicted octanol–water partition coefficient (Wildman–Crippen LogP) is 4.37. The first-order valence-corrected chi connectivity index (χ1v) is 10.6. The van der Waals surface area contributed by atoms with Crippen LogP contribution in [0.15, 0.2) is 25.3 Å². The molecule has 0 aliphatic rings. The smallest absolute Gasteiger partial charge is 0.111 e. The Morgan fingerprint density at radius 3 is 1.64 bits per heavy atom. The average Bonchev–Trinajstić information content (AvgIpc) is 1.97. The van der Waals surface area contributed by atoms with Gasteiger partial charge in [-0.15, -0.1) is 43.7 Å². The van der Waals surface area contributed by atoms with Crippen LogP contribution in [0.25, 0.3) is 0 Å². The maximum Gasteiger partial charge on any atom is 0.201 e. The van der Waals surface area contributed by atoms with Gasteiger partial charge in [-0.3, -0.25) is 0 Å². The van der Waals surface area contributed by atoms with Crippen molar-refractivity contribution in [3.05, 3.63) is 25.3 Å². The van der Waals surface area contributed by atoms with Crippen LogP contribution < -0.4 is 0 Å². The fraction of sp³-hybridized carbons (Fsp3) is 0.500. The van der Waals surface area contributed by atoms with Gasteiger partial charge in [0.15, 0.2) is 0 Å². The van der Waals surface area contributed by atoms with Crippen LogP contribution in [0, 0.1) is 0 Å². The Labute approximate surface area is 85.9 Å². The second-order valence-electron chi connectivity index (χ2n) is 2.51. The molecule has 3 heteroatoms. The lowest BCUT2D eigenvalue weighted by molar-refractivity contribution is 1.13. The zero-order valence-corrected chi connectivity index (χ0v) is 10.8. The summed E-state index contributed by atoms with van der Waals surface area (Å²) in [7, 11) is 0. The topological polar surface area (TPSA) is 0 Å². The highest BCUT2D eigenvalue weighted by Crippen LogP contribution is 2.32. The van der Waals surface area contributed by atoms with E-state index in [2.05, 4.69) is 43.7 Å². The van der Waals surface area contributed by atoms with Gasteiger partial charge in [-0.1, -0.05) is 12.2 Å². The van der Waals surface area contributed by atoms with Gasteiger partial charge in [-0.05, 0) is 24.9 Å². The summed E-state index contributed by atoms with van der Waals surface area (Å²) in [6, 6.07) is 2.43. The van der Waals surface area contributed by atoms with Gasteiger partial charge in [0.25, 0.3) is 0 Å². The van der Waals surface area contributed by atoms with Crippen LogP contribution in [-0.2, 0) is 0 Å². The molecule has 0 atom stereocenters. The van der Waals surface area contributed by atoms with Gasteiger partial charge < -0.3 is 0 Å². The van der Waals surface area contributed by atoms with Crippen molar-refractivity contribution in [3.8, 4) is 0 Å². The van der Waals surface area contributed by atoms with Crippen LogP contribution in [0.1, 0.15) is 12.8 Å². The molecular weight excluding hydrogens is 284 g/mol. The van der Waals surface area contributed by atoms with E-state index in [-0.39, 0.29) is 0 Å². The van der Waals surface area contributed by atoms with E-state index in [1.807, 2.05) is 12.2 Å². The zero-order valence-electron chi connectivity index (χ0n) is 6.65. The Hall–Kier alpha value is 0.657. The van der Waals surface area contributed by atoms with E-state index in [0.29, 0.717) is 0 Å². The molecule has 0 bridgehead atoms. The molecule has 0 fully saturated rings. The number of hydrogen-bond acceptors (Lipinski definition) is 0. The molecule has 0 amide bonds. The predicted molar refractivity (Wildman–Crippen MR) is 62.9 cm³/mol. The SMILES string of the molecule is C=CCC[Si](Br)(Br)CCC=C. The van der Waals surface area contributed by atoms with Crippen molar-refractivity contribution in [3.63, 3.8) is 0 Å². The van der Waals surface area contributed by atoms with E-state index in [1.54, 1.807) is 0 Å². The Balaban J connectivity index is 3.59. The highest BCUT2D eigenvalue weighted by Gasteiger charge is 2.23. The Bertz CT molecular complexity index is 118. The number of allylic oxidation sites excluding steroid dienone is 2. The monoisotopic (exact) mass is 296 g/mol. The standard InChI is InChI=1S/C8H14Br2Si/c1-3-5-7-11(9,10)8-6-4-2/h3-4H,1-2,5-8H2. The minimum Gasteiger partial charge on any atom is -0.111 e. The summed E-state index contributed by atoms with van der Waals surface area (Å²) in [4.78, 5) is 0. The Morgan fingerprint density at radius 2 is 1.36 bits per heavy atom. The van der Waals surface area contributed by atoms with Crippen molar-refractivity contribution < 1.29 is 0 Å². The van der Waals surface area contributed by atoms with Crippen molar-refractivity contribution in [2.75, 3.05) is 0 Å². The lowest BCUT2D eigenvalue weighted by atomic mass is 10.5. The molecule has 11 heavy (non-hydrogen) atoms. The molecule has 0 radical (unpaired) electrons. The van der Waals surface area contributed by atoms with Gasteiger partial charge in [0.2, 0.25) is 5.31 Å². The molecule has 0 aromatic heterocycles. The van der Waals surface area contributed by atoms with E-state index in [1.165, 1.54) is 12.1 Å². The molecule has 0 rings (SSSR count). The highest BCUT2D eigenvalue weighted by atomic mass is 79.9. The van der Waals surface area contributed by atoms with E-state index in [4.69, 9.17) is 0 Å². The molecule has 0 unspecified atom stereocenters. The third-order valence-electron chi connectivity index (χ3n) is 1.43. The van der Waals surface area contributed by atoms with E-state index in [9.17, 15) is 0 Å². The largest absolute Gasteiger partial charge is 0.201 e. The van der Waals surface area contributed by atoms with Crippen LogP contribution in [-0.4, -0.2) is 5.31 Å². The Kier molecular flexibility index (Phi) is 6.57. The van der Waals surface area contributed by atoms with Crippen LogP contribution in [0.4, 0.5) is 0 Å². The summed E-state index contributed by atoms with van der Waals surface area (Å²) >= 11 is 7.49. The van der Waals surface area contributed by atoms with Crippen LogP contribution in [0.5, 0.6) is 0 Å². The van der Waals surface area contributed by atoms with Crippen LogP contribution >= 0.6 is 30.6 Å². The normalized spacial score (nSPS) is 11.1. The minimum atomic E-state index is -1.26. The zero-order chi connectivity index (χ0) is 8.74. The molecule has 0 aromatic rings. The maximum absolute atomic E-state index is 3.74. The molecule has 0 saturated heterocycles. The van der Waals surface area contributed by atoms with Crippen molar-refractivity contribution in [1.82, 2.24) is 0 Å². The molecular formula is C8H14Br2Si. The van der Waals surface area contributed by atoms with Gasteiger partial charge in [-0.2, -0.15) is 0 Å². The molecule has 0 aliphatic carbocycles. The number of rotatable bonds is 6. The van der Waals surface area contributed by atoms with Crippen LogP contribution in [0.2, 0.25) is 12.1 Å². The lowest BCUT2D eigenvalue weighted by Gasteiger charge is -2.14. The molecule has 0 aliphatic heterocycles. The van der Waals surface area contributed by atoms with Crippen molar-refractivity contribution in [1.29, 1.82) is 0 Å². The highest BCUT2D eigenvalue weighted by molar-refractivity contribution is 9.51. The molecule has 0 aromatic carbocycles. The summed E-state index contributed by atoms with van der Waals surface area (Å²) in [5.41, 5.74) is 0. The third kappa shape index (κ3) is 7.03. The van der Waals surface area contributed by atoms with Crippen molar-refractivity contribution in [2.45, 2.75) is 24.9 Å². The first kappa shape index (κ1) is 11.7. The van der Waals surface area contributed by atoms with E-state index in [0.717, 1.165) is 12.8 Å². The molecule has 64 valence electrons. The molecule has 0 nitrogen and oxygen atoms in total. The first-order valence-electron chi connectivity index (χ1n) is 3.72. The van der Waals surface area contributed by atoms with E-state index >= 15 is 0 Å². The molecule has 0 saturated carbocycles. The fourth-order valence-electron chi connectivity index (χ4n) is 0.751.